The molecule has 0 aromatic heterocycles. The van der Waals surface area contributed by atoms with Gasteiger partial charge >= 0.3 is 0 Å². The molecule has 2 aliphatic carbocycles. The summed E-state index contributed by atoms with van der Waals surface area (Å²) in [6, 6.07) is 0. The van der Waals surface area contributed by atoms with Crippen molar-refractivity contribution in [2.24, 2.45) is 11.8 Å². The number of carbonyl (C=O) groups is 1. The maximum Gasteiger partial charge on any atom is 0.161 e. The zero-order valence-electron chi connectivity index (χ0n) is 8.44. The number of allylic oxidation sites excluding steroid dienone is 2. The van der Waals surface area contributed by atoms with Crippen LogP contribution in [-0.4, -0.2) is 25.8 Å². The zero-order valence-corrected chi connectivity index (χ0v) is 8.44. The van der Waals surface area contributed by atoms with Crippen molar-refractivity contribution < 1.29 is 14.3 Å². The first-order valence-electron chi connectivity index (χ1n) is 5.14. The third kappa shape index (κ3) is 1.88. The molecule has 0 heterocycles. The van der Waals surface area contributed by atoms with Gasteiger partial charge in [0.25, 0.3) is 0 Å². The fourth-order valence-electron chi connectivity index (χ4n) is 2.36. The van der Waals surface area contributed by atoms with Crippen LogP contribution in [0.15, 0.2) is 12.2 Å². The van der Waals surface area contributed by atoms with Gasteiger partial charge < -0.3 is 9.47 Å². The van der Waals surface area contributed by atoms with E-state index in [2.05, 4.69) is 0 Å². The summed E-state index contributed by atoms with van der Waals surface area (Å²) in [5.41, 5.74) is 0. The number of rotatable bonds is 3. The van der Waals surface area contributed by atoms with Gasteiger partial charge in [-0.25, -0.2) is 0 Å². The Morgan fingerprint density at radius 2 is 2.36 bits per heavy atom. The highest BCUT2D eigenvalue weighted by Crippen LogP contribution is 2.35. The Hall–Kier alpha value is -0.670. The Balaban J connectivity index is 2.00. The number of hydrogen-bond donors (Lipinski definition) is 0. The third-order valence-electron chi connectivity index (χ3n) is 3.13. The van der Waals surface area contributed by atoms with Gasteiger partial charge in [0.2, 0.25) is 0 Å². The molecule has 0 aliphatic heterocycles. The van der Waals surface area contributed by atoms with E-state index in [1.807, 2.05) is 6.08 Å². The average Bonchev–Trinajstić information content (AvgIpc) is 2.22. The van der Waals surface area contributed by atoms with Crippen LogP contribution in [0.25, 0.3) is 0 Å². The van der Waals surface area contributed by atoms with Crippen LogP contribution >= 0.6 is 0 Å². The van der Waals surface area contributed by atoms with Crippen LogP contribution in [0, 0.1) is 11.8 Å². The minimum absolute atomic E-state index is 0.0728. The van der Waals surface area contributed by atoms with Gasteiger partial charge in [0.15, 0.2) is 5.78 Å². The maximum absolute atomic E-state index is 11.6. The molecule has 78 valence electrons. The summed E-state index contributed by atoms with van der Waals surface area (Å²) in [7, 11) is 1.61. The van der Waals surface area contributed by atoms with Crippen molar-refractivity contribution in [1.29, 1.82) is 0 Å². The van der Waals surface area contributed by atoms with Crippen molar-refractivity contribution in [3.63, 3.8) is 0 Å². The van der Waals surface area contributed by atoms with E-state index in [1.165, 1.54) is 0 Å². The Bertz CT molecular complexity index is 247. The summed E-state index contributed by atoms with van der Waals surface area (Å²) in [4.78, 5) is 11.6. The molecule has 2 aliphatic rings. The molecule has 1 saturated carbocycles. The lowest BCUT2D eigenvalue weighted by Gasteiger charge is -2.35. The minimum atomic E-state index is 0.0728. The van der Waals surface area contributed by atoms with E-state index in [0.717, 1.165) is 19.3 Å². The highest BCUT2D eigenvalue weighted by atomic mass is 16.7. The minimum Gasteiger partial charge on any atom is -0.359 e. The second kappa shape index (κ2) is 4.24. The fraction of sp³-hybridized carbons (Fsp3) is 0.727. The molecule has 0 aromatic carbocycles. The van der Waals surface area contributed by atoms with E-state index in [-0.39, 0.29) is 17.8 Å². The van der Waals surface area contributed by atoms with E-state index < -0.39 is 0 Å². The highest BCUT2D eigenvalue weighted by molar-refractivity contribution is 5.93. The maximum atomic E-state index is 11.6. The average molecular weight is 196 g/mol. The predicted molar refractivity (Wildman–Crippen MR) is 51.7 cm³/mol. The van der Waals surface area contributed by atoms with E-state index in [1.54, 1.807) is 13.2 Å². The molecular formula is C11H16O3. The second-order valence-electron chi connectivity index (χ2n) is 4.05. The Kier molecular flexibility index (Phi) is 2.99. The molecule has 2 bridgehead atoms. The molecule has 0 unspecified atom stereocenters. The van der Waals surface area contributed by atoms with Gasteiger partial charge in [-0.15, -0.1) is 0 Å². The molecule has 0 N–H and O–H groups in total. The largest absolute Gasteiger partial charge is 0.359 e. The summed E-state index contributed by atoms with van der Waals surface area (Å²) < 4.78 is 10.4. The van der Waals surface area contributed by atoms with Gasteiger partial charge in [-0.1, -0.05) is 6.08 Å². The lowest BCUT2D eigenvalue weighted by Crippen LogP contribution is -2.38. The van der Waals surface area contributed by atoms with Gasteiger partial charge in [-0.3, -0.25) is 4.79 Å². The Labute approximate surface area is 84.1 Å². The first kappa shape index (κ1) is 9.87. The first-order chi connectivity index (χ1) is 6.81. The number of methoxy groups -OCH3 is 1. The normalized spacial score (nSPS) is 36.1. The van der Waals surface area contributed by atoms with Crippen molar-refractivity contribution in [2.75, 3.05) is 13.9 Å². The van der Waals surface area contributed by atoms with Crippen molar-refractivity contribution in [2.45, 2.75) is 25.4 Å². The topological polar surface area (TPSA) is 35.5 Å². The number of carbonyl (C=O) groups excluding carboxylic acids is 1. The molecular weight excluding hydrogens is 180 g/mol. The number of ketones is 1. The zero-order chi connectivity index (χ0) is 9.97. The molecule has 3 heteroatoms. The molecule has 0 amide bonds. The van der Waals surface area contributed by atoms with E-state index in [9.17, 15) is 4.79 Å². The number of hydrogen-bond acceptors (Lipinski definition) is 3. The SMILES string of the molecule is COCO[C@H]1CC[C@@H]2C=CC(=O)[C@@H]1C2. The smallest absolute Gasteiger partial charge is 0.161 e. The highest BCUT2D eigenvalue weighted by Gasteiger charge is 2.36. The van der Waals surface area contributed by atoms with Crippen molar-refractivity contribution in [3.05, 3.63) is 12.2 Å². The van der Waals surface area contributed by atoms with Crippen LogP contribution in [0.1, 0.15) is 19.3 Å². The second-order valence-corrected chi connectivity index (χ2v) is 4.05. The number of fused-ring (bicyclic) bond motifs is 2. The summed E-state index contributed by atoms with van der Waals surface area (Å²) in [6.45, 7) is 0.294. The third-order valence-corrected chi connectivity index (χ3v) is 3.13. The number of ether oxygens (including phenoxy) is 2. The molecule has 2 rings (SSSR count). The Morgan fingerprint density at radius 3 is 3.14 bits per heavy atom. The molecule has 0 spiro atoms. The molecule has 0 aromatic rings. The standard InChI is InChI=1S/C11H16O3/c1-13-7-14-11-5-3-8-2-4-10(12)9(11)6-8/h2,4,8-9,11H,3,5-7H2,1H3/t8-,9-,11-/m0/s1. The van der Waals surface area contributed by atoms with Crippen LogP contribution in [0.3, 0.4) is 0 Å². The van der Waals surface area contributed by atoms with Gasteiger partial charge in [0.1, 0.15) is 6.79 Å². The molecule has 3 atom stereocenters. The van der Waals surface area contributed by atoms with Gasteiger partial charge in [-0.2, -0.15) is 0 Å². The van der Waals surface area contributed by atoms with Crippen LogP contribution in [0.5, 0.6) is 0 Å². The van der Waals surface area contributed by atoms with Crippen LogP contribution in [-0.2, 0) is 14.3 Å². The lowest BCUT2D eigenvalue weighted by molar-refractivity contribution is -0.137. The quantitative estimate of drug-likeness (QED) is 0.642. The summed E-state index contributed by atoms with van der Waals surface area (Å²) >= 11 is 0. The summed E-state index contributed by atoms with van der Waals surface area (Å²) in [6.07, 6.45) is 6.92. The van der Waals surface area contributed by atoms with Gasteiger partial charge in [0.05, 0.1) is 6.10 Å². The van der Waals surface area contributed by atoms with Crippen molar-refractivity contribution in [3.8, 4) is 0 Å². The molecule has 14 heavy (non-hydrogen) atoms. The molecule has 0 saturated heterocycles. The lowest BCUT2D eigenvalue weighted by atomic mass is 9.74. The molecule has 3 nitrogen and oxygen atoms in total. The summed E-state index contributed by atoms with van der Waals surface area (Å²) in [5.74, 6) is 0.899. The van der Waals surface area contributed by atoms with E-state index in [4.69, 9.17) is 9.47 Å². The van der Waals surface area contributed by atoms with Gasteiger partial charge in [-0.05, 0) is 31.3 Å². The van der Waals surface area contributed by atoms with E-state index >= 15 is 0 Å². The van der Waals surface area contributed by atoms with Gasteiger partial charge in [0, 0.05) is 13.0 Å². The van der Waals surface area contributed by atoms with Crippen molar-refractivity contribution in [1.82, 2.24) is 0 Å². The van der Waals surface area contributed by atoms with Crippen LogP contribution < -0.4 is 0 Å². The fourth-order valence-corrected chi connectivity index (χ4v) is 2.36. The monoisotopic (exact) mass is 196 g/mol. The van der Waals surface area contributed by atoms with E-state index in [0.29, 0.717) is 12.7 Å². The van der Waals surface area contributed by atoms with Crippen LogP contribution in [0.4, 0.5) is 0 Å². The molecule has 1 fully saturated rings. The van der Waals surface area contributed by atoms with Crippen LogP contribution in [0.2, 0.25) is 0 Å². The summed E-state index contributed by atoms with van der Waals surface area (Å²) in [5, 5.41) is 0. The van der Waals surface area contributed by atoms with Crippen molar-refractivity contribution >= 4 is 5.78 Å². The Morgan fingerprint density at radius 1 is 1.50 bits per heavy atom. The molecule has 0 radical (unpaired) electrons. The first-order valence-corrected chi connectivity index (χ1v) is 5.14. The predicted octanol–water partition coefficient (Wildman–Crippen LogP) is 1.53.